The Morgan fingerprint density at radius 2 is 2.12 bits per heavy atom. The highest BCUT2D eigenvalue weighted by Crippen LogP contribution is 2.22. The Morgan fingerprint density at radius 3 is 2.85 bits per heavy atom. The van der Waals surface area contributed by atoms with Crippen LogP contribution in [0.2, 0.25) is 0 Å². The number of nitrogens with zero attached hydrogens (tertiary/aromatic N) is 2. The van der Waals surface area contributed by atoms with Crippen molar-refractivity contribution in [2.24, 2.45) is 0 Å². The number of thioether (sulfide) groups is 1. The highest BCUT2D eigenvalue weighted by atomic mass is 32.2. The first-order chi connectivity index (χ1) is 12.6. The predicted molar refractivity (Wildman–Crippen MR) is 108 cm³/mol. The molecule has 2 aromatic heterocycles. The molecule has 1 aromatic carbocycles. The Labute approximate surface area is 160 Å². The van der Waals surface area contributed by atoms with E-state index in [4.69, 9.17) is 0 Å². The van der Waals surface area contributed by atoms with Crippen LogP contribution < -0.4 is 10.9 Å². The molecule has 0 saturated heterocycles. The van der Waals surface area contributed by atoms with Gasteiger partial charge in [-0.15, -0.1) is 11.3 Å². The van der Waals surface area contributed by atoms with E-state index in [-0.39, 0.29) is 23.3 Å². The second-order valence-electron chi connectivity index (χ2n) is 5.99. The first kappa shape index (κ1) is 18.7. The molecule has 7 heteroatoms. The molecular formula is C19H21N3O2S2. The first-order valence-electron chi connectivity index (χ1n) is 8.53. The van der Waals surface area contributed by atoms with Crippen LogP contribution in [0.1, 0.15) is 31.2 Å². The monoisotopic (exact) mass is 387 g/mol. The summed E-state index contributed by atoms with van der Waals surface area (Å²) in [4.78, 5) is 30.8. The maximum absolute atomic E-state index is 12.9. The number of carbonyl (C=O) groups excluding carboxylic acids is 1. The SMILES string of the molecule is CC[C@@H](C)n1c(SCC(=O)NCc2cccs2)nc2ccccc2c1=O. The largest absolute Gasteiger partial charge is 0.350 e. The molecule has 0 fully saturated rings. The van der Waals surface area contributed by atoms with E-state index in [1.807, 2.05) is 49.6 Å². The average Bonchev–Trinajstić information content (AvgIpc) is 3.18. The summed E-state index contributed by atoms with van der Waals surface area (Å²) in [7, 11) is 0. The summed E-state index contributed by atoms with van der Waals surface area (Å²) in [6, 6.07) is 11.3. The van der Waals surface area contributed by atoms with Crippen LogP contribution in [0.4, 0.5) is 0 Å². The summed E-state index contributed by atoms with van der Waals surface area (Å²) in [5.74, 6) is 0.161. The molecule has 1 N–H and O–H groups in total. The van der Waals surface area contributed by atoms with Gasteiger partial charge in [-0.1, -0.05) is 36.9 Å². The van der Waals surface area contributed by atoms with Crippen molar-refractivity contribution in [1.29, 1.82) is 0 Å². The molecular weight excluding hydrogens is 366 g/mol. The number of rotatable bonds is 7. The maximum atomic E-state index is 12.9. The topological polar surface area (TPSA) is 64.0 Å². The van der Waals surface area contributed by atoms with Gasteiger partial charge in [-0.3, -0.25) is 14.2 Å². The van der Waals surface area contributed by atoms with Crippen molar-refractivity contribution >= 4 is 39.9 Å². The zero-order valence-corrected chi connectivity index (χ0v) is 16.4. The minimum Gasteiger partial charge on any atom is -0.350 e. The van der Waals surface area contributed by atoms with E-state index >= 15 is 0 Å². The van der Waals surface area contributed by atoms with Crippen molar-refractivity contribution in [3.63, 3.8) is 0 Å². The minimum absolute atomic E-state index is 0.0243. The van der Waals surface area contributed by atoms with Gasteiger partial charge >= 0.3 is 0 Å². The zero-order chi connectivity index (χ0) is 18.5. The lowest BCUT2D eigenvalue weighted by atomic mass is 10.2. The molecule has 0 aliphatic heterocycles. The van der Waals surface area contributed by atoms with Crippen LogP contribution in [-0.2, 0) is 11.3 Å². The van der Waals surface area contributed by atoms with Gasteiger partial charge < -0.3 is 5.32 Å². The van der Waals surface area contributed by atoms with Gasteiger partial charge in [-0.2, -0.15) is 0 Å². The molecule has 0 radical (unpaired) electrons. The minimum atomic E-state index is -0.0680. The number of hydrogen-bond acceptors (Lipinski definition) is 5. The van der Waals surface area contributed by atoms with Crippen LogP contribution in [0.15, 0.2) is 51.7 Å². The molecule has 0 unspecified atom stereocenters. The van der Waals surface area contributed by atoms with Gasteiger partial charge in [0, 0.05) is 10.9 Å². The van der Waals surface area contributed by atoms with Gasteiger partial charge in [-0.05, 0) is 36.9 Å². The van der Waals surface area contributed by atoms with E-state index < -0.39 is 0 Å². The van der Waals surface area contributed by atoms with E-state index in [1.54, 1.807) is 22.0 Å². The number of para-hydroxylation sites is 1. The van der Waals surface area contributed by atoms with Crippen molar-refractivity contribution in [2.45, 2.75) is 38.0 Å². The summed E-state index contributed by atoms with van der Waals surface area (Å²) in [6.07, 6.45) is 0.818. The van der Waals surface area contributed by atoms with Crippen molar-refractivity contribution in [3.05, 3.63) is 57.0 Å². The molecule has 1 atom stereocenters. The molecule has 2 heterocycles. The Kier molecular flexibility index (Phi) is 6.11. The normalized spacial score (nSPS) is 12.2. The van der Waals surface area contributed by atoms with E-state index in [1.165, 1.54) is 11.8 Å². The van der Waals surface area contributed by atoms with Crippen LogP contribution in [0, 0.1) is 0 Å². The molecule has 5 nitrogen and oxygen atoms in total. The third kappa shape index (κ3) is 4.16. The molecule has 0 bridgehead atoms. The zero-order valence-electron chi connectivity index (χ0n) is 14.8. The fourth-order valence-electron chi connectivity index (χ4n) is 2.58. The molecule has 3 rings (SSSR count). The van der Waals surface area contributed by atoms with Gasteiger partial charge in [0.2, 0.25) is 5.91 Å². The highest BCUT2D eigenvalue weighted by molar-refractivity contribution is 7.99. The van der Waals surface area contributed by atoms with Crippen molar-refractivity contribution < 1.29 is 4.79 Å². The number of benzene rings is 1. The van der Waals surface area contributed by atoms with Crippen molar-refractivity contribution in [3.8, 4) is 0 Å². The van der Waals surface area contributed by atoms with Gasteiger partial charge in [0.05, 0.1) is 23.2 Å². The lowest BCUT2D eigenvalue weighted by Crippen LogP contribution is -2.28. The summed E-state index contributed by atoms with van der Waals surface area (Å²) in [6.45, 7) is 4.56. The van der Waals surface area contributed by atoms with Crippen LogP contribution in [-0.4, -0.2) is 21.2 Å². The molecule has 136 valence electrons. The third-order valence-electron chi connectivity index (χ3n) is 4.18. The lowest BCUT2D eigenvalue weighted by molar-refractivity contribution is -0.118. The Hall–Kier alpha value is -2.12. The maximum Gasteiger partial charge on any atom is 0.262 e. The number of amides is 1. The molecule has 26 heavy (non-hydrogen) atoms. The predicted octanol–water partition coefficient (Wildman–Crippen LogP) is 3.84. The summed E-state index contributed by atoms with van der Waals surface area (Å²) < 4.78 is 1.71. The second-order valence-corrected chi connectivity index (χ2v) is 7.96. The number of thiophene rings is 1. The van der Waals surface area contributed by atoms with Gasteiger partial charge in [-0.25, -0.2) is 4.98 Å². The van der Waals surface area contributed by atoms with Crippen molar-refractivity contribution in [1.82, 2.24) is 14.9 Å². The van der Waals surface area contributed by atoms with Crippen molar-refractivity contribution in [2.75, 3.05) is 5.75 Å². The van der Waals surface area contributed by atoms with Gasteiger partial charge in [0.1, 0.15) is 0 Å². The molecule has 0 saturated carbocycles. The standard InChI is InChI=1S/C19H21N3O2S2/c1-3-13(2)22-18(24)15-8-4-5-9-16(15)21-19(22)26-12-17(23)20-11-14-7-6-10-25-14/h4-10,13H,3,11-12H2,1-2H3,(H,20,23)/t13-/m1/s1. The molecule has 3 aromatic rings. The van der Waals surface area contributed by atoms with Gasteiger partial charge in [0.25, 0.3) is 5.56 Å². The molecule has 0 aliphatic rings. The number of hydrogen-bond donors (Lipinski definition) is 1. The number of fused-ring (bicyclic) bond motifs is 1. The summed E-state index contributed by atoms with van der Waals surface area (Å²) in [5.41, 5.74) is 0.616. The summed E-state index contributed by atoms with van der Waals surface area (Å²) in [5, 5.41) is 6.09. The average molecular weight is 388 g/mol. The Morgan fingerprint density at radius 1 is 1.31 bits per heavy atom. The van der Waals surface area contributed by atoms with Crippen LogP contribution in [0.25, 0.3) is 10.9 Å². The van der Waals surface area contributed by atoms with Crippen LogP contribution in [0.5, 0.6) is 0 Å². The van der Waals surface area contributed by atoms with E-state index in [2.05, 4.69) is 10.3 Å². The number of nitrogens with one attached hydrogen (secondary N) is 1. The highest BCUT2D eigenvalue weighted by Gasteiger charge is 2.16. The lowest BCUT2D eigenvalue weighted by Gasteiger charge is -2.18. The fourth-order valence-corrected chi connectivity index (χ4v) is 4.15. The Balaban J connectivity index is 1.79. The van der Waals surface area contributed by atoms with E-state index in [0.29, 0.717) is 22.6 Å². The molecule has 1 amide bonds. The number of aromatic nitrogens is 2. The first-order valence-corrected chi connectivity index (χ1v) is 10.4. The fraction of sp³-hybridized carbons (Fsp3) is 0.316. The van der Waals surface area contributed by atoms with Crippen LogP contribution >= 0.6 is 23.1 Å². The van der Waals surface area contributed by atoms with E-state index in [0.717, 1.165) is 11.3 Å². The second kappa shape index (κ2) is 8.51. The molecule has 0 aliphatic carbocycles. The quantitative estimate of drug-likeness (QED) is 0.494. The molecule has 0 spiro atoms. The smallest absolute Gasteiger partial charge is 0.262 e. The van der Waals surface area contributed by atoms with E-state index in [9.17, 15) is 9.59 Å². The number of carbonyl (C=O) groups is 1. The summed E-state index contributed by atoms with van der Waals surface area (Å²) >= 11 is 2.92. The van der Waals surface area contributed by atoms with Gasteiger partial charge in [0.15, 0.2) is 5.16 Å². The Bertz CT molecular complexity index is 951. The van der Waals surface area contributed by atoms with Crippen LogP contribution in [0.3, 0.4) is 0 Å². The third-order valence-corrected chi connectivity index (χ3v) is 6.01.